The van der Waals surface area contributed by atoms with Gasteiger partial charge in [-0.25, -0.2) is 0 Å². The number of benzene rings is 3. The van der Waals surface area contributed by atoms with E-state index in [-0.39, 0.29) is 17.7 Å². The second-order valence-corrected chi connectivity index (χ2v) is 8.67. The minimum atomic E-state index is -0.340. The molecule has 1 aliphatic heterocycles. The average molecular weight is 442 g/mol. The van der Waals surface area contributed by atoms with Crippen LogP contribution in [0.1, 0.15) is 33.8 Å². The van der Waals surface area contributed by atoms with Gasteiger partial charge in [0.25, 0.3) is 5.91 Å². The maximum Gasteiger partial charge on any atom is 0.253 e. The van der Waals surface area contributed by atoms with E-state index in [4.69, 9.17) is 0 Å². The highest BCUT2D eigenvalue weighted by molar-refractivity contribution is 5.94. The van der Waals surface area contributed by atoms with Crippen molar-refractivity contribution < 1.29 is 9.59 Å². The Hall–Kier alpha value is -3.60. The lowest BCUT2D eigenvalue weighted by Gasteiger charge is -2.27. The first-order valence-corrected chi connectivity index (χ1v) is 11.5. The standard InChI is InChI=1S/C28H31N3O2/c1-29(2)25-16-14-24(15-17-25)27(32)30-18-9-19-31(21-20-30)28(33)26(22-10-5-3-6-11-22)23-12-7-4-8-13-23/h3-8,10-17,26H,9,18-21H2,1-2H3. The predicted octanol–water partition coefficient (Wildman–Crippen LogP) is 4.26. The van der Waals surface area contributed by atoms with Crippen molar-refractivity contribution in [1.29, 1.82) is 0 Å². The third kappa shape index (κ3) is 5.25. The van der Waals surface area contributed by atoms with Crippen molar-refractivity contribution in [1.82, 2.24) is 9.80 Å². The first kappa shape index (κ1) is 22.6. The molecule has 4 rings (SSSR count). The highest BCUT2D eigenvalue weighted by Gasteiger charge is 2.29. The van der Waals surface area contributed by atoms with Gasteiger partial charge in [0.05, 0.1) is 5.92 Å². The van der Waals surface area contributed by atoms with Gasteiger partial charge in [-0.2, -0.15) is 0 Å². The normalized spacial score (nSPS) is 14.2. The molecule has 1 aliphatic rings. The Kier molecular flexibility index (Phi) is 7.08. The van der Waals surface area contributed by atoms with Crippen molar-refractivity contribution in [2.75, 3.05) is 45.2 Å². The van der Waals surface area contributed by atoms with E-state index in [1.807, 2.05) is 114 Å². The van der Waals surface area contributed by atoms with E-state index in [2.05, 4.69) is 0 Å². The summed E-state index contributed by atoms with van der Waals surface area (Å²) in [7, 11) is 3.96. The fourth-order valence-electron chi connectivity index (χ4n) is 4.38. The van der Waals surface area contributed by atoms with E-state index in [1.165, 1.54) is 0 Å². The summed E-state index contributed by atoms with van der Waals surface area (Å²) in [6.45, 7) is 2.38. The monoisotopic (exact) mass is 441 g/mol. The van der Waals surface area contributed by atoms with E-state index in [1.54, 1.807) is 0 Å². The van der Waals surface area contributed by atoms with Crippen molar-refractivity contribution in [2.45, 2.75) is 12.3 Å². The Bertz CT molecular complexity index is 1030. The maximum atomic E-state index is 13.7. The van der Waals surface area contributed by atoms with Crippen LogP contribution in [0, 0.1) is 0 Å². The zero-order chi connectivity index (χ0) is 23.2. The highest BCUT2D eigenvalue weighted by atomic mass is 16.2. The summed E-state index contributed by atoms with van der Waals surface area (Å²) in [5.74, 6) is -0.220. The second-order valence-electron chi connectivity index (χ2n) is 8.67. The number of hydrogen-bond acceptors (Lipinski definition) is 3. The molecule has 5 nitrogen and oxygen atoms in total. The fraction of sp³-hybridized carbons (Fsp3) is 0.286. The minimum Gasteiger partial charge on any atom is -0.378 e. The van der Waals surface area contributed by atoms with Gasteiger partial charge in [-0.15, -0.1) is 0 Å². The quantitative estimate of drug-likeness (QED) is 0.594. The Morgan fingerprint density at radius 3 is 1.76 bits per heavy atom. The van der Waals surface area contributed by atoms with Crippen molar-refractivity contribution in [3.8, 4) is 0 Å². The van der Waals surface area contributed by atoms with Gasteiger partial charge in [-0.3, -0.25) is 9.59 Å². The van der Waals surface area contributed by atoms with Crippen molar-refractivity contribution in [3.05, 3.63) is 102 Å². The summed E-state index contributed by atoms with van der Waals surface area (Å²) >= 11 is 0. The van der Waals surface area contributed by atoms with Crippen molar-refractivity contribution in [2.24, 2.45) is 0 Å². The fourth-order valence-corrected chi connectivity index (χ4v) is 4.38. The summed E-state index contributed by atoms with van der Waals surface area (Å²) < 4.78 is 0. The minimum absolute atomic E-state index is 0.0253. The molecule has 1 saturated heterocycles. The Labute approximate surface area is 196 Å². The largest absolute Gasteiger partial charge is 0.378 e. The molecule has 0 radical (unpaired) electrons. The van der Waals surface area contributed by atoms with Gasteiger partial charge in [0.2, 0.25) is 5.91 Å². The summed E-state index contributed by atoms with van der Waals surface area (Å²) in [5.41, 5.74) is 3.73. The molecule has 2 amide bonds. The maximum absolute atomic E-state index is 13.7. The number of amides is 2. The highest BCUT2D eigenvalue weighted by Crippen LogP contribution is 2.27. The smallest absolute Gasteiger partial charge is 0.253 e. The number of rotatable bonds is 5. The third-order valence-corrected chi connectivity index (χ3v) is 6.24. The molecule has 0 saturated carbocycles. The molecule has 0 bridgehead atoms. The van der Waals surface area contributed by atoms with Crippen LogP contribution in [0.15, 0.2) is 84.9 Å². The first-order valence-electron chi connectivity index (χ1n) is 11.5. The lowest BCUT2D eigenvalue weighted by molar-refractivity contribution is -0.131. The molecule has 5 heteroatoms. The number of carbonyl (C=O) groups excluding carboxylic acids is 2. The molecule has 3 aromatic rings. The molecule has 170 valence electrons. The second kappa shape index (κ2) is 10.3. The lowest BCUT2D eigenvalue weighted by atomic mass is 9.90. The van der Waals surface area contributed by atoms with Crippen LogP contribution in [0.5, 0.6) is 0 Å². The van der Waals surface area contributed by atoms with Gasteiger partial charge >= 0.3 is 0 Å². The number of carbonyl (C=O) groups is 2. The summed E-state index contributed by atoms with van der Waals surface area (Å²) in [6, 6.07) is 27.6. The zero-order valence-electron chi connectivity index (χ0n) is 19.4. The summed E-state index contributed by atoms with van der Waals surface area (Å²) in [5, 5.41) is 0. The summed E-state index contributed by atoms with van der Waals surface area (Å²) in [6.07, 6.45) is 0.767. The molecular formula is C28H31N3O2. The van der Waals surface area contributed by atoms with E-state index in [0.717, 1.165) is 23.2 Å². The van der Waals surface area contributed by atoms with Gasteiger partial charge in [0.15, 0.2) is 0 Å². The van der Waals surface area contributed by atoms with Gasteiger partial charge in [0.1, 0.15) is 0 Å². The van der Waals surface area contributed by atoms with Gasteiger partial charge in [0, 0.05) is 51.5 Å². The van der Waals surface area contributed by atoms with E-state index in [9.17, 15) is 9.59 Å². The number of anilines is 1. The van der Waals surface area contributed by atoms with Crippen LogP contribution in [0.4, 0.5) is 5.69 Å². The van der Waals surface area contributed by atoms with Gasteiger partial charge in [-0.1, -0.05) is 60.7 Å². The van der Waals surface area contributed by atoms with Crippen LogP contribution in [0.2, 0.25) is 0 Å². The molecule has 33 heavy (non-hydrogen) atoms. The van der Waals surface area contributed by atoms with Gasteiger partial charge in [-0.05, 0) is 41.8 Å². The SMILES string of the molecule is CN(C)c1ccc(C(=O)N2CCCN(C(=O)C(c3ccccc3)c3ccccc3)CC2)cc1. The van der Waals surface area contributed by atoms with E-state index >= 15 is 0 Å². The molecule has 0 aliphatic carbocycles. The first-order chi connectivity index (χ1) is 16.0. The molecule has 0 spiro atoms. The Morgan fingerprint density at radius 1 is 0.697 bits per heavy atom. The molecule has 0 N–H and O–H groups in total. The Morgan fingerprint density at radius 2 is 1.21 bits per heavy atom. The van der Waals surface area contributed by atoms with Crippen LogP contribution in [0.3, 0.4) is 0 Å². The Balaban J connectivity index is 1.49. The molecule has 0 atom stereocenters. The van der Waals surface area contributed by atoms with Crippen LogP contribution < -0.4 is 4.90 Å². The summed E-state index contributed by atoms with van der Waals surface area (Å²) in [4.78, 5) is 32.6. The lowest BCUT2D eigenvalue weighted by Crippen LogP contribution is -2.39. The molecule has 0 aromatic heterocycles. The molecule has 3 aromatic carbocycles. The predicted molar refractivity (Wildman–Crippen MR) is 133 cm³/mol. The van der Waals surface area contributed by atoms with Crippen LogP contribution in [0.25, 0.3) is 0 Å². The van der Waals surface area contributed by atoms with Crippen LogP contribution in [-0.4, -0.2) is 61.9 Å². The number of nitrogens with zero attached hydrogens (tertiary/aromatic N) is 3. The van der Waals surface area contributed by atoms with E-state index in [0.29, 0.717) is 31.7 Å². The molecular weight excluding hydrogens is 410 g/mol. The van der Waals surface area contributed by atoms with Crippen LogP contribution >= 0.6 is 0 Å². The number of hydrogen-bond donors (Lipinski definition) is 0. The van der Waals surface area contributed by atoms with E-state index < -0.39 is 0 Å². The topological polar surface area (TPSA) is 43.9 Å². The third-order valence-electron chi connectivity index (χ3n) is 6.24. The molecule has 1 fully saturated rings. The average Bonchev–Trinajstić information content (AvgIpc) is 3.11. The zero-order valence-corrected chi connectivity index (χ0v) is 19.4. The van der Waals surface area contributed by atoms with Gasteiger partial charge < -0.3 is 14.7 Å². The van der Waals surface area contributed by atoms with Crippen molar-refractivity contribution in [3.63, 3.8) is 0 Å². The van der Waals surface area contributed by atoms with Crippen LogP contribution in [-0.2, 0) is 4.79 Å². The van der Waals surface area contributed by atoms with Crippen molar-refractivity contribution >= 4 is 17.5 Å². The molecule has 1 heterocycles. The molecule has 0 unspecified atom stereocenters.